The normalized spacial score (nSPS) is 19.6. The third kappa shape index (κ3) is 2.49. The molecule has 2 unspecified atom stereocenters. The zero-order valence-corrected chi connectivity index (χ0v) is 11.7. The van der Waals surface area contributed by atoms with Crippen molar-refractivity contribution in [3.05, 3.63) is 53.3 Å². The van der Waals surface area contributed by atoms with E-state index in [4.69, 9.17) is 4.74 Å². The molecule has 2 heterocycles. The lowest BCUT2D eigenvalue weighted by Gasteiger charge is -2.29. The van der Waals surface area contributed by atoms with Gasteiger partial charge in [-0.1, -0.05) is 31.2 Å². The fourth-order valence-electron chi connectivity index (χ4n) is 2.74. The van der Waals surface area contributed by atoms with Gasteiger partial charge in [-0.05, 0) is 24.0 Å². The molecular formula is C16H20N2O2. The Labute approximate surface area is 119 Å². The number of aromatic nitrogens is 2. The molecule has 1 aliphatic heterocycles. The first kappa shape index (κ1) is 13.3. The molecule has 4 heteroatoms. The average molecular weight is 272 g/mol. The lowest BCUT2D eigenvalue weighted by Crippen LogP contribution is -2.21. The Morgan fingerprint density at radius 2 is 2.30 bits per heavy atom. The molecule has 1 N–H and O–H groups in total. The van der Waals surface area contributed by atoms with Crippen LogP contribution in [0.3, 0.4) is 0 Å². The van der Waals surface area contributed by atoms with Crippen molar-refractivity contribution >= 4 is 0 Å². The van der Waals surface area contributed by atoms with Crippen molar-refractivity contribution in [3.8, 4) is 0 Å². The molecular weight excluding hydrogens is 252 g/mol. The Bertz CT molecular complexity index is 579. The summed E-state index contributed by atoms with van der Waals surface area (Å²) in [5.41, 5.74) is 3.18. The Morgan fingerprint density at radius 3 is 3.15 bits per heavy atom. The maximum absolute atomic E-state index is 10.6. The van der Waals surface area contributed by atoms with E-state index in [9.17, 15) is 5.11 Å². The number of nitrogens with zero attached hydrogens (tertiary/aromatic N) is 2. The molecule has 0 amide bonds. The highest BCUT2D eigenvalue weighted by Gasteiger charge is 2.29. The molecule has 0 saturated heterocycles. The fraction of sp³-hybridized carbons (Fsp3) is 0.438. The molecule has 0 spiro atoms. The number of hydrogen-bond donors (Lipinski definition) is 1. The summed E-state index contributed by atoms with van der Waals surface area (Å²) >= 11 is 0. The van der Waals surface area contributed by atoms with Gasteiger partial charge in [-0.25, -0.2) is 0 Å². The predicted octanol–water partition coefficient (Wildman–Crippen LogP) is 2.64. The van der Waals surface area contributed by atoms with Crippen molar-refractivity contribution in [2.75, 3.05) is 6.61 Å². The SMILES string of the molecule is CCCn1cc(C(O)C2OCCc3ccccc32)cn1. The molecule has 0 aliphatic carbocycles. The minimum absolute atomic E-state index is 0.292. The third-order valence-corrected chi connectivity index (χ3v) is 3.76. The van der Waals surface area contributed by atoms with E-state index >= 15 is 0 Å². The van der Waals surface area contributed by atoms with Crippen LogP contribution < -0.4 is 0 Å². The van der Waals surface area contributed by atoms with E-state index in [0.29, 0.717) is 6.61 Å². The van der Waals surface area contributed by atoms with Gasteiger partial charge in [0.05, 0.1) is 12.8 Å². The molecule has 20 heavy (non-hydrogen) atoms. The van der Waals surface area contributed by atoms with Gasteiger partial charge in [0.1, 0.15) is 12.2 Å². The zero-order chi connectivity index (χ0) is 13.9. The molecule has 106 valence electrons. The summed E-state index contributed by atoms with van der Waals surface area (Å²) in [4.78, 5) is 0. The van der Waals surface area contributed by atoms with Crippen molar-refractivity contribution in [3.63, 3.8) is 0 Å². The van der Waals surface area contributed by atoms with Crippen LogP contribution in [0.4, 0.5) is 0 Å². The number of aliphatic hydroxyl groups is 1. The molecule has 1 aromatic heterocycles. The van der Waals surface area contributed by atoms with Gasteiger partial charge in [-0.15, -0.1) is 0 Å². The minimum atomic E-state index is -0.665. The molecule has 4 nitrogen and oxygen atoms in total. The summed E-state index contributed by atoms with van der Waals surface area (Å²) in [7, 11) is 0. The van der Waals surface area contributed by atoms with Crippen molar-refractivity contribution in [2.45, 2.75) is 38.5 Å². The second-order valence-corrected chi connectivity index (χ2v) is 5.22. The van der Waals surface area contributed by atoms with Crippen LogP contribution in [0.2, 0.25) is 0 Å². The number of hydrogen-bond acceptors (Lipinski definition) is 3. The second-order valence-electron chi connectivity index (χ2n) is 5.22. The van der Waals surface area contributed by atoms with Gasteiger partial charge in [0.15, 0.2) is 0 Å². The van der Waals surface area contributed by atoms with Crippen molar-refractivity contribution in [2.24, 2.45) is 0 Å². The minimum Gasteiger partial charge on any atom is -0.385 e. The number of aryl methyl sites for hydroxylation is 1. The first-order valence-electron chi connectivity index (χ1n) is 7.19. The molecule has 2 aromatic rings. The zero-order valence-electron chi connectivity index (χ0n) is 11.7. The highest BCUT2D eigenvalue weighted by Crippen LogP contribution is 2.36. The molecule has 2 atom stereocenters. The first-order chi connectivity index (χ1) is 9.79. The highest BCUT2D eigenvalue weighted by molar-refractivity contribution is 5.33. The molecule has 1 aliphatic rings. The van der Waals surface area contributed by atoms with Gasteiger partial charge >= 0.3 is 0 Å². The van der Waals surface area contributed by atoms with Crippen LogP contribution >= 0.6 is 0 Å². The smallest absolute Gasteiger partial charge is 0.113 e. The second kappa shape index (κ2) is 5.77. The summed E-state index contributed by atoms with van der Waals surface area (Å²) in [5, 5.41) is 14.9. The van der Waals surface area contributed by atoms with Crippen LogP contribution in [-0.2, 0) is 17.7 Å². The van der Waals surface area contributed by atoms with Crippen molar-refractivity contribution in [1.82, 2.24) is 9.78 Å². The summed E-state index contributed by atoms with van der Waals surface area (Å²) in [6, 6.07) is 8.18. The molecule has 0 bridgehead atoms. The number of aliphatic hydroxyl groups excluding tert-OH is 1. The maximum atomic E-state index is 10.6. The van der Waals surface area contributed by atoms with Gasteiger partial charge in [-0.2, -0.15) is 5.10 Å². The van der Waals surface area contributed by atoms with Crippen LogP contribution in [0, 0.1) is 0 Å². The van der Waals surface area contributed by atoms with E-state index in [1.165, 1.54) is 5.56 Å². The predicted molar refractivity (Wildman–Crippen MR) is 76.3 cm³/mol. The van der Waals surface area contributed by atoms with Gasteiger partial charge < -0.3 is 9.84 Å². The van der Waals surface area contributed by atoms with E-state index in [-0.39, 0.29) is 6.10 Å². The molecule has 0 radical (unpaired) electrons. The van der Waals surface area contributed by atoms with Gasteiger partial charge in [0, 0.05) is 18.3 Å². The molecule has 0 saturated carbocycles. The Kier molecular flexibility index (Phi) is 3.85. The van der Waals surface area contributed by atoms with Crippen LogP contribution in [-0.4, -0.2) is 21.5 Å². The fourth-order valence-corrected chi connectivity index (χ4v) is 2.74. The molecule has 0 fully saturated rings. The van der Waals surface area contributed by atoms with E-state index in [2.05, 4.69) is 18.1 Å². The Hall–Kier alpha value is -1.65. The summed E-state index contributed by atoms with van der Waals surface area (Å²) in [6.45, 7) is 3.63. The number of fused-ring (bicyclic) bond motifs is 1. The highest BCUT2D eigenvalue weighted by atomic mass is 16.5. The number of benzene rings is 1. The summed E-state index contributed by atoms with van der Waals surface area (Å²) in [6.07, 6.45) is 4.63. The summed E-state index contributed by atoms with van der Waals surface area (Å²) < 4.78 is 7.67. The van der Waals surface area contributed by atoms with Gasteiger partial charge in [-0.3, -0.25) is 4.68 Å². The lowest BCUT2D eigenvalue weighted by molar-refractivity contribution is -0.0483. The lowest BCUT2D eigenvalue weighted by atomic mass is 9.92. The average Bonchev–Trinajstić information content (AvgIpc) is 2.95. The molecule has 3 rings (SSSR count). The van der Waals surface area contributed by atoms with Crippen molar-refractivity contribution in [1.29, 1.82) is 0 Å². The molecule has 1 aromatic carbocycles. The van der Waals surface area contributed by atoms with E-state index in [0.717, 1.165) is 30.5 Å². The van der Waals surface area contributed by atoms with Crippen LogP contribution in [0.1, 0.15) is 42.2 Å². The number of ether oxygens (including phenoxy) is 1. The van der Waals surface area contributed by atoms with Gasteiger partial charge in [0.25, 0.3) is 0 Å². The quantitative estimate of drug-likeness (QED) is 0.930. The van der Waals surface area contributed by atoms with E-state index < -0.39 is 6.10 Å². The van der Waals surface area contributed by atoms with Crippen LogP contribution in [0.15, 0.2) is 36.7 Å². The van der Waals surface area contributed by atoms with E-state index in [1.807, 2.05) is 29.1 Å². The standard InChI is InChI=1S/C16H20N2O2/c1-2-8-18-11-13(10-17-18)15(19)16-14-6-4-3-5-12(14)7-9-20-16/h3-6,10-11,15-16,19H,2,7-9H2,1H3. The number of rotatable bonds is 4. The third-order valence-electron chi connectivity index (χ3n) is 3.76. The monoisotopic (exact) mass is 272 g/mol. The Balaban J connectivity index is 1.85. The first-order valence-corrected chi connectivity index (χ1v) is 7.19. The summed E-state index contributed by atoms with van der Waals surface area (Å²) in [5.74, 6) is 0. The maximum Gasteiger partial charge on any atom is 0.113 e. The van der Waals surface area contributed by atoms with Crippen LogP contribution in [0.25, 0.3) is 0 Å². The topological polar surface area (TPSA) is 47.3 Å². The Morgan fingerprint density at radius 1 is 1.45 bits per heavy atom. The van der Waals surface area contributed by atoms with Crippen LogP contribution in [0.5, 0.6) is 0 Å². The van der Waals surface area contributed by atoms with Gasteiger partial charge in [0.2, 0.25) is 0 Å². The largest absolute Gasteiger partial charge is 0.385 e. The van der Waals surface area contributed by atoms with E-state index in [1.54, 1.807) is 6.20 Å². The van der Waals surface area contributed by atoms with Crippen molar-refractivity contribution < 1.29 is 9.84 Å².